The highest BCUT2D eigenvalue weighted by Crippen LogP contribution is 2.43. The predicted molar refractivity (Wildman–Crippen MR) is 142 cm³/mol. The lowest BCUT2D eigenvalue weighted by atomic mass is 9.76. The number of aromatic nitrogens is 1. The molecule has 6 rings (SSSR count). The van der Waals surface area contributed by atoms with Crippen LogP contribution >= 0.6 is 0 Å². The topological polar surface area (TPSA) is 101 Å². The number of hydrogen-bond donors (Lipinski definition) is 2. The number of carbonyl (C=O) groups excluding carboxylic acids is 2. The quantitative estimate of drug-likeness (QED) is 0.379. The van der Waals surface area contributed by atoms with Crippen molar-refractivity contribution in [3.05, 3.63) is 65.7 Å². The van der Waals surface area contributed by atoms with Gasteiger partial charge >= 0.3 is 0 Å². The number of carbonyl (C=O) groups is 2. The molecule has 3 aliphatic rings. The Morgan fingerprint density at radius 1 is 1.14 bits per heavy atom. The zero-order valence-electron chi connectivity index (χ0n) is 21.4. The summed E-state index contributed by atoms with van der Waals surface area (Å²) >= 11 is 0. The number of rotatable bonds is 7. The van der Waals surface area contributed by atoms with Crippen molar-refractivity contribution in [1.82, 2.24) is 25.4 Å². The molecule has 194 valence electrons. The number of nitrogens with zero attached hydrogens (tertiary/aromatic N) is 3. The van der Waals surface area contributed by atoms with Gasteiger partial charge in [0.15, 0.2) is 17.1 Å². The van der Waals surface area contributed by atoms with Crippen LogP contribution in [0.2, 0.25) is 0 Å². The molecular formula is C29H35N5O3. The highest BCUT2D eigenvalue weighted by molar-refractivity contribution is 5.98. The number of likely N-dealkylation sites (N-methyl/N-ethyl adjacent to an activating group) is 1. The zero-order valence-corrected chi connectivity index (χ0v) is 21.4. The van der Waals surface area contributed by atoms with E-state index in [0.717, 1.165) is 69.4 Å². The molecular weight excluding hydrogens is 466 g/mol. The number of benzene rings is 1. The Kier molecular flexibility index (Phi) is 6.56. The van der Waals surface area contributed by atoms with Gasteiger partial charge in [-0.3, -0.25) is 19.5 Å². The van der Waals surface area contributed by atoms with Gasteiger partial charge in [0, 0.05) is 73.9 Å². The van der Waals surface area contributed by atoms with Crippen LogP contribution < -0.4 is 10.6 Å². The molecule has 8 heteroatoms. The number of fused-ring (bicyclic) bond motifs is 1. The van der Waals surface area contributed by atoms with Gasteiger partial charge in [0.1, 0.15) is 0 Å². The molecule has 1 atom stereocenters. The van der Waals surface area contributed by atoms with Crippen LogP contribution in [0.5, 0.6) is 0 Å². The number of pyridine rings is 1. The van der Waals surface area contributed by atoms with Gasteiger partial charge in [-0.2, -0.15) is 0 Å². The van der Waals surface area contributed by atoms with Crippen LogP contribution in [0, 0.1) is 5.92 Å². The first kappa shape index (κ1) is 24.3. The van der Waals surface area contributed by atoms with Gasteiger partial charge < -0.3 is 20.0 Å². The maximum atomic E-state index is 13.3. The Labute approximate surface area is 217 Å². The van der Waals surface area contributed by atoms with E-state index in [-0.39, 0.29) is 29.2 Å². The number of ketones is 1. The fraction of sp³-hybridized carbons (Fsp3) is 0.483. The van der Waals surface area contributed by atoms with E-state index in [1.54, 1.807) is 18.5 Å². The van der Waals surface area contributed by atoms with Gasteiger partial charge in [0.25, 0.3) is 5.91 Å². The van der Waals surface area contributed by atoms with E-state index in [2.05, 4.69) is 44.6 Å². The standard InChI is InChI=1S/C29H35N5O3/c1-33-11-13-34(14-12-33)19-20-3-2-4-23(15-20)27(35)21-5-8-29(9-6-21)26(32-29)18-31-28(36)24-16-22-7-10-30-17-25(22)37-24/h2-4,7,10,15-17,21,26,32H,5-6,8-9,11-14,18-19H2,1H3,(H,31,36). The number of furan rings is 1. The summed E-state index contributed by atoms with van der Waals surface area (Å²) in [4.78, 5) is 34.8. The third kappa shape index (κ3) is 5.19. The lowest BCUT2D eigenvalue weighted by Crippen LogP contribution is -2.43. The van der Waals surface area contributed by atoms with Gasteiger partial charge in [0.05, 0.1) is 6.20 Å². The minimum absolute atomic E-state index is 0.0468. The van der Waals surface area contributed by atoms with Crippen LogP contribution in [0.1, 0.15) is 52.2 Å². The van der Waals surface area contributed by atoms with Crippen molar-refractivity contribution in [2.75, 3.05) is 39.8 Å². The summed E-state index contributed by atoms with van der Waals surface area (Å²) < 4.78 is 5.62. The molecule has 2 saturated heterocycles. The van der Waals surface area contributed by atoms with E-state index >= 15 is 0 Å². The molecule has 3 aromatic rings. The van der Waals surface area contributed by atoms with E-state index < -0.39 is 0 Å². The fourth-order valence-electron chi connectivity index (χ4n) is 6.04. The molecule has 1 amide bonds. The largest absolute Gasteiger partial charge is 0.449 e. The van der Waals surface area contributed by atoms with Crippen molar-refractivity contribution in [2.45, 2.75) is 43.8 Å². The second-order valence-electron chi connectivity index (χ2n) is 11.0. The summed E-state index contributed by atoms with van der Waals surface area (Å²) in [5.41, 5.74) is 2.73. The van der Waals surface area contributed by atoms with Crippen molar-refractivity contribution < 1.29 is 14.0 Å². The molecule has 4 heterocycles. The lowest BCUT2D eigenvalue weighted by Gasteiger charge is -2.32. The Balaban J connectivity index is 0.988. The Bertz CT molecular complexity index is 1250. The molecule has 1 aromatic carbocycles. The van der Waals surface area contributed by atoms with Crippen molar-refractivity contribution >= 4 is 22.7 Å². The van der Waals surface area contributed by atoms with Crippen LogP contribution in [-0.2, 0) is 6.54 Å². The molecule has 1 aliphatic carbocycles. The van der Waals surface area contributed by atoms with E-state index in [4.69, 9.17) is 4.42 Å². The molecule has 0 radical (unpaired) electrons. The molecule has 0 bridgehead atoms. The predicted octanol–water partition coefficient (Wildman–Crippen LogP) is 3.09. The number of amides is 1. The average Bonchev–Trinajstić information content (AvgIpc) is 3.39. The molecule has 3 fully saturated rings. The van der Waals surface area contributed by atoms with Crippen LogP contribution in [0.25, 0.3) is 11.0 Å². The van der Waals surface area contributed by atoms with Crippen LogP contribution in [0.15, 0.2) is 53.2 Å². The van der Waals surface area contributed by atoms with Gasteiger partial charge in [-0.25, -0.2) is 0 Å². The summed E-state index contributed by atoms with van der Waals surface area (Å²) in [6.07, 6.45) is 6.99. The number of piperazine rings is 1. The smallest absolute Gasteiger partial charge is 0.287 e. The fourth-order valence-corrected chi connectivity index (χ4v) is 6.04. The first-order chi connectivity index (χ1) is 18.0. The minimum atomic E-state index is -0.208. The molecule has 2 N–H and O–H groups in total. The van der Waals surface area contributed by atoms with Crippen molar-refractivity contribution in [3.63, 3.8) is 0 Å². The number of Topliss-reactive ketones (excluding diaryl/α,β-unsaturated/α-hetero) is 1. The van der Waals surface area contributed by atoms with Crippen molar-refractivity contribution in [3.8, 4) is 0 Å². The van der Waals surface area contributed by atoms with Crippen LogP contribution in [-0.4, -0.2) is 77.8 Å². The zero-order chi connectivity index (χ0) is 25.4. The second-order valence-corrected chi connectivity index (χ2v) is 11.0. The molecule has 1 saturated carbocycles. The number of nitrogens with one attached hydrogen (secondary N) is 2. The third-order valence-corrected chi connectivity index (χ3v) is 8.52. The first-order valence-corrected chi connectivity index (χ1v) is 13.4. The third-order valence-electron chi connectivity index (χ3n) is 8.52. The second kappa shape index (κ2) is 10.0. The summed E-state index contributed by atoms with van der Waals surface area (Å²) in [5.74, 6) is 0.452. The Hall–Kier alpha value is -3.07. The van der Waals surface area contributed by atoms with E-state index in [0.29, 0.717) is 17.9 Å². The molecule has 8 nitrogen and oxygen atoms in total. The van der Waals surface area contributed by atoms with Crippen LogP contribution in [0.4, 0.5) is 0 Å². The van der Waals surface area contributed by atoms with Crippen molar-refractivity contribution in [2.24, 2.45) is 5.92 Å². The average molecular weight is 502 g/mol. The maximum absolute atomic E-state index is 13.3. The SMILES string of the molecule is CN1CCN(Cc2cccc(C(=O)C3CCC4(CC3)NC4CNC(=O)c3cc4ccncc4o3)c2)CC1. The highest BCUT2D eigenvalue weighted by atomic mass is 16.3. The Morgan fingerprint density at radius 2 is 1.95 bits per heavy atom. The van der Waals surface area contributed by atoms with Gasteiger partial charge in [0.2, 0.25) is 0 Å². The lowest BCUT2D eigenvalue weighted by molar-refractivity contribution is 0.0878. The Morgan fingerprint density at radius 3 is 2.73 bits per heavy atom. The van der Waals surface area contributed by atoms with Gasteiger partial charge in [-0.1, -0.05) is 18.2 Å². The van der Waals surface area contributed by atoms with Crippen molar-refractivity contribution in [1.29, 1.82) is 0 Å². The monoisotopic (exact) mass is 501 g/mol. The molecule has 1 unspecified atom stereocenters. The van der Waals surface area contributed by atoms with E-state index in [1.165, 1.54) is 5.56 Å². The van der Waals surface area contributed by atoms with E-state index in [1.807, 2.05) is 18.2 Å². The highest BCUT2D eigenvalue weighted by Gasteiger charge is 2.54. The van der Waals surface area contributed by atoms with Crippen LogP contribution in [0.3, 0.4) is 0 Å². The van der Waals surface area contributed by atoms with Gasteiger partial charge in [-0.15, -0.1) is 0 Å². The molecule has 2 aliphatic heterocycles. The summed E-state index contributed by atoms with van der Waals surface area (Å²) in [6, 6.07) is 12.1. The first-order valence-electron chi connectivity index (χ1n) is 13.4. The number of hydrogen-bond acceptors (Lipinski definition) is 7. The summed E-state index contributed by atoms with van der Waals surface area (Å²) in [5, 5.41) is 7.47. The molecule has 2 aromatic heterocycles. The summed E-state index contributed by atoms with van der Waals surface area (Å²) in [6.45, 7) is 5.80. The molecule has 37 heavy (non-hydrogen) atoms. The minimum Gasteiger partial charge on any atom is -0.449 e. The maximum Gasteiger partial charge on any atom is 0.287 e. The summed E-state index contributed by atoms with van der Waals surface area (Å²) in [7, 11) is 2.17. The normalized spacial score (nSPS) is 26.4. The van der Waals surface area contributed by atoms with E-state index in [9.17, 15) is 9.59 Å². The molecule has 1 spiro atoms. The van der Waals surface area contributed by atoms with Gasteiger partial charge in [-0.05, 0) is 56.5 Å².